The van der Waals surface area contributed by atoms with Gasteiger partial charge in [-0.25, -0.2) is 0 Å². The number of hydrogen-bond donors (Lipinski definition) is 1. The lowest BCUT2D eigenvalue weighted by Gasteiger charge is -2.31. The zero-order valence-corrected chi connectivity index (χ0v) is 11.3. The summed E-state index contributed by atoms with van der Waals surface area (Å²) in [4.78, 5) is 14.6. The summed E-state index contributed by atoms with van der Waals surface area (Å²) in [5.74, 6) is 0.0975. The lowest BCUT2D eigenvalue weighted by atomic mass is 10.2. The third-order valence-corrected chi connectivity index (χ3v) is 3.66. The van der Waals surface area contributed by atoms with E-state index in [1.165, 1.54) is 11.3 Å². The van der Waals surface area contributed by atoms with Gasteiger partial charge in [-0.2, -0.15) is 0 Å². The van der Waals surface area contributed by atoms with E-state index in [0.29, 0.717) is 10.4 Å². The monoisotopic (exact) mass is 280 g/mol. The molecule has 6 heteroatoms. The van der Waals surface area contributed by atoms with Crippen LogP contribution < -0.4 is 5.32 Å². The second kappa shape index (κ2) is 5.87. The standard InChI is InChI=1S/C10H13ClN2OS.ClH/c1-7-6-13(5-4-12-7)10(14)8-2-3-9(11)15-8;/h2-3,7,12H,4-6H2,1H3;1H/t7-;/m1./s1. The van der Waals surface area contributed by atoms with Crippen molar-refractivity contribution in [3.63, 3.8) is 0 Å². The van der Waals surface area contributed by atoms with Crippen LogP contribution in [0.1, 0.15) is 16.6 Å². The maximum atomic E-state index is 12.0. The molecule has 2 heterocycles. The minimum absolute atomic E-state index is 0. The molecular weight excluding hydrogens is 267 g/mol. The minimum Gasteiger partial charge on any atom is -0.335 e. The Bertz CT molecular complexity index is 369. The first-order chi connectivity index (χ1) is 7.16. The normalized spacial score (nSPS) is 20.4. The predicted molar refractivity (Wildman–Crippen MR) is 69.9 cm³/mol. The number of carbonyl (C=O) groups excluding carboxylic acids is 1. The van der Waals surface area contributed by atoms with E-state index in [4.69, 9.17) is 11.6 Å². The first-order valence-electron chi connectivity index (χ1n) is 4.95. The second-order valence-electron chi connectivity index (χ2n) is 3.71. The number of thiophene rings is 1. The number of carbonyl (C=O) groups is 1. The zero-order chi connectivity index (χ0) is 10.8. The Morgan fingerprint density at radius 3 is 2.94 bits per heavy atom. The third-order valence-electron chi connectivity index (χ3n) is 2.44. The van der Waals surface area contributed by atoms with E-state index in [2.05, 4.69) is 12.2 Å². The fourth-order valence-electron chi connectivity index (χ4n) is 1.70. The summed E-state index contributed by atoms with van der Waals surface area (Å²) in [5.41, 5.74) is 0. The van der Waals surface area contributed by atoms with E-state index in [0.717, 1.165) is 24.5 Å². The van der Waals surface area contributed by atoms with Crippen molar-refractivity contribution in [1.29, 1.82) is 0 Å². The van der Waals surface area contributed by atoms with Crippen LogP contribution in [0.4, 0.5) is 0 Å². The summed E-state index contributed by atoms with van der Waals surface area (Å²) in [6, 6.07) is 3.94. The third kappa shape index (κ3) is 3.10. The molecular formula is C10H14Cl2N2OS. The summed E-state index contributed by atoms with van der Waals surface area (Å²) >= 11 is 7.15. The number of hydrogen-bond acceptors (Lipinski definition) is 3. The van der Waals surface area contributed by atoms with Gasteiger partial charge in [-0.05, 0) is 19.1 Å². The lowest BCUT2D eigenvalue weighted by Crippen LogP contribution is -2.51. The molecule has 1 atom stereocenters. The van der Waals surface area contributed by atoms with Crippen LogP contribution in [0.3, 0.4) is 0 Å². The molecule has 1 N–H and O–H groups in total. The molecule has 1 aromatic heterocycles. The van der Waals surface area contributed by atoms with Crippen molar-refractivity contribution >= 4 is 41.3 Å². The van der Waals surface area contributed by atoms with Crippen LogP contribution in [0, 0.1) is 0 Å². The number of rotatable bonds is 1. The fraction of sp³-hybridized carbons (Fsp3) is 0.500. The van der Waals surface area contributed by atoms with Crippen LogP contribution in [0.25, 0.3) is 0 Å². The van der Waals surface area contributed by atoms with E-state index < -0.39 is 0 Å². The molecule has 3 nitrogen and oxygen atoms in total. The van der Waals surface area contributed by atoms with Gasteiger partial charge in [0, 0.05) is 25.7 Å². The van der Waals surface area contributed by atoms with Crippen LogP contribution in [0.5, 0.6) is 0 Å². The maximum absolute atomic E-state index is 12.0. The fourth-order valence-corrected chi connectivity index (χ4v) is 2.71. The molecule has 0 aliphatic carbocycles. The molecule has 90 valence electrons. The highest BCUT2D eigenvalue weighted by Crippen LogP contribution is 2.23. The van der Waals surface area contributed by atoms with Crippen molar-refractivity contribution in [1.82, 2.24) is 10.2 Å². The molecule has 0 unspecified atom stereocenters. The molecule has 0 bridgehead atoms. The number of halogens is 2. The van der Waals surface area contributed by atoms with E-state index >= 15 is 0 Å². The topological polar surface area (TPSA) is 32.3 Å². The quantitative estimate of drug-likeness (QED) is 0.856. The molecule has 0 radical (unpaired) electrons. The lowest BCUT2D eigenvalue weighted by molar-refractivity contribution is 0.0714. The van der Waals surface area contributed by atoms with Crippen molar-refractivity contribution in [2.24, 2.45) is 0 Å². The molecule has 0 saturated carbocycles. The highest BCUT2D eigenvalue weighted by Gasteiger charge is 2.22. The smallest absolute Gasteiger partial charge is 0.264 e. The summed E-state index contributed by atoms with van der Waals surface area (Å²) in [7, 11) is 0. The van der Waals surface area contributed by atoms with Gasteiger partial charge in [0.25, 0.3) is 5.91 Å². The van der Waals surface area contributed by atoms with E-state index in [1.54, 1.807) is 12.1 Å². The Morgan fingerprint density at radius 1 is 1.62 bits per heavy atom. The number of piperazine rings is 1. The summed E-state index contributed by atoms with van der Waals surface area (Å²) in [6.45, 7) is 4.50. The Labute approximate surface area is 110 Å². The van der Waals surface area contributed by atoms with Gasteiger partial charge in [0.15, 0.2) is 0 Å². The van der Waals surface area contributed by atoms with Crippen molar-refractivity contribution in [2.45, 2.75) is 13.0 Å². The number of amides is 1. The van der Waals surface area contributed by atoms with Gasteiger partial charge in [0.2, 0.25) is 0 Å². The van der Waals surface area contributed by atoms with Crippen LogP contribution in [-0.2, 0) is 0 Å². The Kier molecular flexibility index (Phi) is 5.05. The SMILES string of the molecule is C[C@@H]1CN(C(=O)c2ccc(Cl)s2)CCN1.Cl. The van der Waals surface area contributed by atoms with Crippen molar-refractivity contribution < 1.29 is 4.79 Å². The van der Waals surface area contributed by atoms with Gasteiger partial charge >= 0.3 is 0 Å². The highest BCUT2D eigenvalue weighted by atomic mass is 35.5. The van der Waals surface area contributed by atoms with Crippen molar-refractivity contribution in [2.75, 3.05) is 19.6 Å². The van der Waals surface area contributed by atoms with Crippen LogP contribution >= 0.6 is 35.3 Å². The van der Waals surface area contributed by atoms with Crippen molar-refractivity contribution in [3.8, 4) is 0 Å². The molecule has 1 amide bonds. The second-order valence-corrected chi connectivity index (χ2v) is 5.43. The molecule has 1 fully saturated rings. The molecule has 1 saturated heterocycles. The van der Waals surface area contributed by atoms with Crippen LogP contribution in [0.15, 0.2) is 12.1 Å². The van der Waals surface area contributed by atoms with E-state index in [9.17, 15) is 4.79 Å². The molecule has 1 aliphatic heterocycles. The summed E-state index contributed by atoms with van der Waals surface area (Å²) < 4.78 is 0.668. The molecule has 1 aromatic rings. The van der Waals surface area contributed by atoms with Gasteiger partial charge in [0.1, 0.15) is 0 Å². The molecule has 0 aromatic carbocycles. The van der Waals surface area contributed by atoms with Crippen LogP contribution in [0.2, 0.25) is 4.34 Å². The van der Waals surface area contributed by atoms with Gasteiger partial charge in [-0.1, -0.05) is 11.6 Å². The Hall–Kier alpha value is -0.290. The number of nitrogens with zero attached hydrogens (tertiary/aromatic N) is 1. The first kappa shape index (κ1) is 13.8. The van der Waals surface area contributed by atoms with E-state index in [-0.39, 0.29) is 18.3 Å². The average molecular weight is 281 g/mol. The van der Waals surface area contributed by atoms with Crippen molar-refractivity contribution in [3.05, 3.63) is 21.3 Å². The average Bonchev–Trinajstić information content (AvgIpc) is 2.64. The molecule has 0 spiro atoms. The largest absolute Gasteiger partial charge is 0.335 e. The predicted octanol–water partition coefficient (Wildman–Crippen LogP) is 2.26. The summed E-state index contributed by atoms with van der Waals surface area (Å²) in [6.07, 6.45) is 0. The first-order valence-corrected chi connectivity index (χ1v) is 6.14. The Morgan fingerprint density at radius 2 is 2.38 bits per heavy atom. The van der Waals surface area contributed by atoms with Gasteiger partial charge in [-0.3, -0.25) is 4.79 Å². The maximum Gasteiger partial charge on any atom is 0.264 e. The molecule has 1 aliphatic rings. The van der Waals surface area contributed by atoms with Gasteiger partial charge in [-0.15, -0.1) is 23.7 Å². The zero-order valence-electron chi connectivity index (χ0n) is 8.90. The number of nitrogens with one attached hydrogen (secondary N) is 1. The molecule has 2 rings (SSSR count). The minimum atomic E-state index is 0. The molecule has 16 heavy (non-hydrogen) atoms. The van der Waals surface area contributed by atoms with Crippen LogP contribution in [-0.4, -0.2) is 36.5 Å². The van der Waals surface area contributed by atoms with Gasteiger partial charge < -0.3 is 10.2 Å². The highest BCUT2D eigenvalue weighted by molar-refractivity contribution is 7.17. The summed E-state index contributed by atoms with van der Waals surface area (Å²) in [5, 5.41) is 3.31. The van der Waals surface area contributed by atoms with Gasteiger partial charge in [0.05, 0.1) is 9.21 Å². The van der Waals surface area contributed by atoms with E-state index in [1.807, 2.05) is 4.90 Å². The Balaban J connectivity index is 0.00000128.